The molecule has 0 aliphatic heterocycles. The molecule has 2 aromatic heterocycles. The molecule has 0 saturated carbocycles. The van der Waals surface area contributed by atoms with Crippen LogP contribution < -0.4 is 4.74 Å². The molecule has 0 bridgehead atoms. The number of benzene rings is 2. The van der Waals surface area contributed by atoms with Gasteiger partial charge in [0.2, 0.25) is 0 Å². The van der Waals surface area contributed by atoms with Gasteiger partial charge in [0.05, 0.1) is 34.6 Å². The highest BCUT2D eigenvalue weighted by Crippen LogP contribution is 2.31. The van der Waals surface area contributed by atoms with Crippen molar-refractivity contribution in [3.8, 4) is 17.6 Å². The Morgan fingerprint density at radius 3 is 2.47 bits per heavy atom. The average molecular weight is 462 g/mol. The van der Waals surface area contributed by atoms with Crippen LogP contribution >= 0.6 is 23.2 Å². The maximum absolute atomic E-state index is 6.31. The minimum Gasteiger partial charge on any atom is -0.495 e. The van der Waals surface area contributed by atoms with E-state index in [1.807, 2.05) is 18.2 Å². The van der Waals surface area contributed by atoms with Crippen LogP contribution in [0.2, 0.25) is 10.0 Å². The summed E-state index contributed by atoms with van der Waals surface area (Å²) in [5.74, 6) is 7.31. The first-order valence-electron chi connectivity index (χ1n) is 10.3. The molecule has 6 heteroatoms. The van der Waals surface area contributed by atoms with E-state index in [1.165, 1.54) is 5.56 Å². The molecule has 0 amide bonds. The summed E-state index contributed by atoms with van der Waals surface area (Å²) >= 11 is 12.6. The Labute approximate surface area is 197 Å². The van der Waals surface area contributed by atoms with Gasteiger partial charge >= 0.3 is 0 Å². The molecule has 0 atom stereocenters. The first kappa shape index (κ1) is 22.1. The molecule has 0 N–H and O–H groups in total. The number of aryl methyl sites for hydroxylation is 1. The SMILES string of the molecule is COc1ccc2c(Cc3c(Cl)cncc3Cl)nncc2c1C#CCCCc1ccccc1. The molecule has 0 fully saturated rings. The molecule has 0 aliphatic rings. The highest BCUT2D eigenvalue weighted by Gasteiger charge is 2.14. The second-order valence-electron chi connectivity index (χ2n) is 7.29. The molecule has 160 valence electrons. The second kappa shape index (κ2) is 10.5. The molecule has 4 rings (SSSR count). The van der Waals surface area contributed by atoms with Gasteiger partial charge in [-0.1, -0.05) is 65.4 Å². The van der Waals surface area contributed by atoms with Crippen molar-refractivity contribution in [1.29, 1.82) is 0 Å². The van der Waals surface area contributed by atoms with E-state index < -0.39 is 0 Å². The summed E-state index contributed by atoms with van der Waals surface area (Å²) in [6.07, 6.45) is 8.13. The van der Waals surface area contributed by atoms with Crippen molar-refractivity contribution in [2.75, 3.05) is 7.11 Å². The third-order valence-corrected chi connectivity index (χ3v) is 5.87. The number of hydrogen-bond acceptors (Lipinski definition) is 4. The fraction of sp³-hybridized carbons (Fsp3) is 0.192. The third-order valence-electron chi connectivity index (χ3n) is 5.22. The number of nitrogens with zero attached hydrogens (tertiary/aromatic N) is 3. The van der Waals surface area contributed by atoms with Crippen LogP contribution in [0, 0.1) is 11.8 Å². The molecule has 2 aromatic carbocycles. The van der Waals surface area contributed by atoms with Crippen molar-refractivity contribution >= 4 is 34.0 Å². The van der Waals surface area contributed by atoms with Crippen molar-refractivity contribution in [3.63, 3.8) is 0 Å². The summed E-state index contributed by atoms with van der Waals surface area (Å²) in [5, 5.41) is 11.4. The van der Waals surface area contributed by atoms with Crippen LogP contribution in [0.5, 0.6) is 5.75 Å². The molecule has 0 aliphatic carbocycles. The number of ether oxygens (including phenoxy) is 1. The van der Waals surface area contributed by atoms with Crippen LogP contribution in [0.4, 0.5) is 0 Å². The van der Waals surface area contributed by atoms with Crippen molar-refractivity contribution in [3.05, 3.63) is 93.5 Å². The largest absolute Gasteiger partial charge is 0.495 e. The zero-order valence-electron chi connectivity index (χ0n) is 17.6. The monoisotopic (exact) mass is 461 g/mol. The van der Waals surface area contributed by atoms with Gasteiger partial charge in [0.1, 0.15) is 5.75 Å². The summed E-state index contributed by atoms with van der Waals surface area (Å²) in [6.45, 7) is 0. The number of pyridine rings is 1. The van der Waals surface area contributed by atoms with Crippen molar-refractivity contribution in [2.45, 2.75) is 25.7 Å². The molecule has 2 heterocycles. The maximum atomic E-state index is 6.31. The number of rotatable bonds is 6. The number of methoxy groups -OCH3 is 1. The average Bonchev–Trinajstić information content (AvgIpc) is 2.82. The van der Waals surface area contributed by atoms with Crippen LogP contribution in [0.1, 0.15) is 35.2 Å². The molecule has 32 heavy (non-hydrogen) atoms. The third kappa shape index (κ3) is 5.02. The summed E-state index contributed by atoms with van der Waals surface area (Å²) in [4.78, 5) is 4.02. The molecule has 0 spiro atoms. The van der Waals surface area contributed by atoms with Gasteiger partial charge in [-0.2, -0.15) is 10.2 Å². The van der Waals surface area contributed by atoms with Gasteiger partial charge in [-0.25, -0.2) is 0 Å². The van der Waals surface area contributed by atoms with Crippen LogP contribution in [0.15, 0.2) is 61.1 Å². The van der Waals surface area contributed by atoms with E-state index in [0.29, 0.717) is 22.2 Å². The number of aromatic nitrogens is 3. The van der Waals surface area contributed by atoms with Gasteiger partial charge in [0.15, 0.2) is 0 Å². The van der Waals surface area contributed by atoms with E-state index in [0.717, 1.165) is 46.9 Å². The highest BCUT2D eigenvalue weighted by atomic mass is 35.5. The quantitative estimate of drug-likeness (QED) is 0.249. The predicted octanol–water partition coefficient (Wildman–Crippen LogP) is 6.31. The summed E-state index contributed by atoms with van der Waals surface area (Å²) in [5.41, 5.74) is 3.68. The maximum Gasteiger partial charge on any atom is 0.135 e. The topological polar surface area (TPSA) is 47.9 Å². The fourth-order valence-electron chi connectivity index (χ4n) is 3.58. The van der Waals surface area contributed by atoms with Crippen LogP contribution in [0.3, 0.4) is 0 Å². The first-order chi connectivity index (χ1) is 15.7. The fourth-order valence-corrected chi connectivity index (χ4v) is 4.07. The van der Waals surface area contributed by atoms with Crippen molar-refractivity contribution in [2.24, 2.45) is 0 Å². The van der Waals surface area contributed by atoms with E-state index in [2.05, 4.69) is 51.3 Å². The van der Waals surface area contributed by atoms with E-state index >= 15 is 0 Å². The highest BCUT2D eigenvalue weighted by molar-refractivity contribution is 6.35. The normalized spacial score (nSPS) is 10.6. The van der Waals surface area contributed by atoms with Gasteiger partial charge in [0.25, 0.3) is 0 Å². The summed E-state index contributed by atoms with van der Waals surface area (Å²) < 4.78 is 5.57. The summed E-state index contributed by atoms with van der Waals surface area (Å²) in [6, 6.07) is 14.3. The van der Waals surface area contributed by atoms with Crippen molar-refractivity contribution in [1.82, 2.24) is 15.2 Å². The lowest BCUT2D eigenvalue weighted by Crippen LogP contribution is -2.00. The molecule has 0 radical (unpaired) electrons. The Balaban J connectivity index is 1.62. The van der Waals surface area contributed by atoms with Crippen LogP contribution in [0.25, 0.3) is 10.8 Å². The lowest BCUT2D eigenvalue weighted by Gasteiger charge is -2.11. The van der Waals surface area contributed by atoms with Crippen LogP contribution in [-0.2, 0) is 12.8 Å². The standard InChI is InChI=1S/C26H21Cl2N3O/c1-32-26-13-12-19-22(20(26)11-7-3-6-10-18-8-4-2-5-9-18)15-30-31-25(19)14-21-23(27)16-29-17-24(21)28/h2,4-5,8-9,12-13,15-17H,3,6,10,14H2,1H3. The molecule has 0 saturated heterocycles. The van der Waals surface area contributed by atoms with Crippen LogP contribution in [-0.4, -0.2) is 22.3 Å². The Morgan fingerprint density at radius 2 is 1.72 bits per heavy atom. The lowest BCUT2D eigenvalue weighted by molar-refractivity contribution is 0.414. The molecular formula is C26H21Cl2N3O. The number of halogens is 2. The smallest absolute Gasteiger partial charge is 0.135 e. The zero-order chi connectivity index (χ0) is 22.3. The van der Waals surface area contributed by atoms with Gasteiger partial charge < -0.3 is 4.74 Å². The Morgan fingerprint density at radius 1 is 0.938 bits per heavy atom. The van der Waals surface area contributed by atoms with Gasteiger partial charge in [0, 0.05) is 36.0 Å². The van der Waals surface area contributed by atoms with Gasteiger partial charge in [-0.15, -0.1) is 0 Å². The molecule has 4 nitrogen and oxygen atoms in total. The van der Waals surface area contributed by atoms with E-state index in [-0.39, 0.29) is 0 Å². The van der Waals surface area contributed by atoms with Gasteiger partial charge in [-0.3, -0.25) is 4.98 Å². The molecular weight excluding hydrogens is 441 g/mol. The minimum absolute atomic E-state index is 0.445. The summed E-state index contributed by atoms with van der Waals surface area (Å²) in [7, 11) is 1.65. The van der Waals surface area contributed by atoms with Crippen molar-refractivity contribution < 1.29 is 4.74 Å². The van der Waals surface area contributed by atoms with Gasteiger partial charge in [-0.05, 0) is 36.1 Å². The first-order valence-corrected chi connectivity index (χ1v) is 11.0. The lowest BCUT2D eigenvalue weighted by atomic mass is 10.0. The minimum atomic E-state index is 0.445. The number of fused-ring (bicyclic) bond motifs is 1. The zero-order valence-corrected chi connectivity index (χ0v) is 19.1. The van der Waals surface area contributed by atoms with E-state index in [1.54, 1.807) is 25.7 Å². The Kier molecular flexibility index (Phi) is 7.21. The second-order valence-corrected chi connectivity index (χ2v) is 8.11. The molecule has 4 aromatic rings. The Hall–Kier alpha value is -3.13. The molecule has 0 unspecified atom stereocenters. The van der Waals surface area contributed by atoms with E-state index in [4.69, 9.17) is 27.9 Å². The number of hydrogen-bond donors (Lipinski definition) is 0. The number of unbranched alkanes of at least 4 members (excludes halogenated alkanes) is 1. The Bertz CT molecular complexity index is 1280. The predicted molar refractivity (Wildman–Crippen MR) is 129 cm³/mol. The van der Waals surface area contributed by atoms with E-state index in [9.17, 15) is 0 Å².